The predicted octanol–water partition coefficient (Wildman–Crippen LogP) is 10.4. The zero-order valence-electron chi connectivity index (χ0n) is 23.3. The third-order valence-corrected chi connectivity index (χ3v) is 7.57. The predicted molar refractivity (Wildman–Crippen MR) is 150 cm³/mol. The summed E-state index contributed by atoms with van der Waals surface area (Å²) in [6, 6.07) is 0. The molecule has 0 bridgehead atoms. The maximum atomic E-state index is 2.69. The summed E-state index contributed by atoms with van der Waals surface area (Å²) >= 11 is 0. The van der Waals surface area contributed by atoms with Crippen molar-refractivity contribution < 1.29 is 0 Å². The molecule has 0 aliphatic carbocycles. The van der Waals surface area contributed by atoms with Gasteiger partial charge in [0, 0.05) is 25.5 Å². The lowest BCUT2D eigenvalue weighted by Gasteiger charge is -2.33. The lowest BCUT2D eigenvalue weighted by atomic mass is 10.1. The van der Waals surface area contributed by atoms with E-state index in [4.69, 9.17) is 0 Å². The standard InChI is InChI=1S/C31H62N2/c1-4-7-10-13-15-17-18-20-23-26-31-32(27-24-21-12-9-6-3)29-30-33(31)28-25-22-19-16-14-11-8-5-2/h29-31H,4-28H2,1-3H3. The molecule has 0 aromatic carbocycles. The first-order chi connectivity index (χ1) is 16.3. The van der Waals surface area contributed by atoms with E-state index in [2.05, 4.69) is 43.0 Å². The minimum atomic E-state index is 0.644. The fourth-order valence-electron chi connectivity index (χ4n) is 5.30. The van der Waals surface area contributed by atoms with Gasteiger partial charge in [-0.2, -0.15) is 0 Å². The molecule has 0 spiro atoms. The third-order valence-electron chi connectivity index (χ3n) is 7.57. The first kappa shape index (κ1) is 30.4. The maximum absolute atomic E-state index is 2.69. The molecule has 1 aliphatic rings. The molecule has 0 amide bonds. The fourth-order valence-corrected chi connectivity index (χ4v) is 5.30. The Balaban J connectivity index is 2.26. The van der Waals surface area contributed by atoms with Crippen molar-refractivity contribution >= 4 is 0 Å². The topological polar surface area (TPSA) is 6.48 Å². The Morgan fingerprint density at radius 1 is 0.394 bits per heavy atom. The number of hydrogen-bond donors (Lipinski definition) is 0. The van der Waals surface area contributed by atoms with Crippen LogP contribution < -0.4 is 0 Å². The molecule has 0 N–H and O–H groups in total. The summed E-state index contributed by atoms with van der Waals surface area (Å²) in [5.41, 5.74) is 0. The molecule has 1 aliphatic heterocycles. The molecule has 0 saturated heterocycles. The fraction of sp³-hybridized carbons (Fsp3) is 0.935. The molecular formula is C31H62N2. The van der Waals surface area contributed by atoms with E-state index in [1.165, 1.54) is 161 Å². The highest BCUT2D eigenvalue weighted by atomic mass is 15.4. The number of rotatable bonds is 25. The van der Waals surface area contributed by atoms with Crippen molar-refractivity contribution in [2.75, 3.05) is 13.1 Å². The highest BCUT2D eigenvalue weighted by Crippen LogP contribution is 2.24. The molecule has 0 aromatic rings. The van der Waals surface area contributed by atoms with E-state index in [1.807, 2.05) is 0 Å². The molecular weight excluding hydrogens is 400 g/mol. The van der Waals surface area contributed by atoms with Crippen molar-refractivity contribution in [1.82, 2.24) is 9.80 Å². The van der Waals surface area contributed by atoms with Gasteiger partial charge in [-0.1, -0.05) is 143 Å². The Hall–Kier alpha value is -0.660. The van der Waals surface area contributed by atoms with Gasteiger partial charge in [0.15, 0.2) is 0 Å². The molecule has 0 fully saturated rings. The van der Waals surface area contributed by atoms with Gasteiger partial charge >= 0.3 is 0 Å². The van der Waals surface area contributed by atoms with E-state index in [9.17, 15) is 0 Å². The van der Waals surface area contributed by atoms with Gasteiger partial charge in [-0.25, -0.2) is 0 Å². The first-order valence-corrected chi connectivity index (χ1v) is 15.5. The van der Waals surface area contributed by atoms with Crippen LogP contribution in [0.1, 0.15) is 168 Å². The lowest BCUT2D eigenvalue weighted by molar-refractivity contribution is 0.135. The van der Waals surface area contributed by atoms with E-state index >= 15 is 0 Å². The van der Waals surface area contributed by atoms with Crippen LogP contribution in [0.25, 0.3) is 0 Å². The van der Waals surface area contributed by atoms with Crippen LogP contribution in [0.2, 0.25) is 0 Å². The SMILES string of the molecule is CCCCCCCCCCCC1N(CCCCCCC)C=CN1CCCCCCCCCC. The molecule has 1 heterocycles. The normalized spacial score (nSPS) is 15.8. The van der Waals surface area contributed by atoms with Crippen molar-refractivity contribution in [2.24, 2.45) is 0 Å². The Morgan fingerprint density at radius 3 is 1.06 bits per heavy atom. The van der Waals surface area contributed by atoms with Crippen LogP contribution >= 0.6 is 0 Å². The second-order valence-corrected chi connectivity index (χ2v) is 10.8. The number of unbranched alkanes of at least 4 members (excludes halogenated alkanes) is 19. The van der Waals surface area contributed by atoms with Crippen LogP contribution in [-0.4, -0.2) is 29.1 Å². The molecule has 0 saturated carbocycles. The van der Waals surface area contributed by atoms with E-state index < -0.39 is 0 Å². The van der Waals surface area contributed by atoms with Gasteiger partial charge in [-0.15, -0.1) is 0 Å². The van der Waals surface area contributed by atoms with E-state index in [-0.39, 0.29) is 0 Å². The molecule has 2 nitrogen and oxygen atoms in total. The van der Waals surface area contributed by atoms with Gasteiger partial charge in [-0.3, -0.25) is 0 Å². The summed E-state index contributed by atoms with van der Waals surface area (Å²) in [6.45, 7) is 9.46. The quantitative estimate of drug-likeness (QED) is 0.124. The van der Waals surface area contributed by atoms with Gasteiger partial charge < -0.3 is 9.80 Å². The minimum Gasteiger partial charge on any atom is -0.356 e. The average Bonchev–Trinajstić information content (AvgIpc) is 3.21. The highest BCUT2D eigenvalue weighted by Gasteiger charge is 2.24. The summed E-state index contributed by atoms with van der Waals surface area (Å²) in [6.07, 6.45) is 38.0. The van der Waals surface area contributed by atoms with Gasteiger partial charge in [0.1, 0.15) is 6.17 Å². The van der Waals surface area contributed by atoms with E-state index in [0.717, 1.165) is 0 Å². The second kappa shape index (κ2) is 23.1. The van der Waals surface area contributed by atoms with Crippen LogP contribution in [0.4, 0.5) is 0 Å². The van der Waals surface area contributed by atoms with Crippen LogP contribution in [0.3, 0.4) is 0 Å². The van der Waals surface area contributed by atoms with Gasteiger partial charge in [0.05, 0.1) is 0 Å². The molecule has 1 rings (SSSR count). The Labute approximate surface area is 210 Å². The molecule has 0 aromatic heterocycles. The van der Waals surface area contributed by atoms with Crippen LogP contribution in [0, 0.1) is 0 Å². The second-order valence-electron chi connectivity index (χ2n) is 10.8. The van der Waals surface area contributed by atoms with Crippen molar-refractivity contribution in [3.63, 3.8) is 0 Å². The summed E-state index contributed by atoms with van der Waals surface area (Å²) in [7, 11) is 0. The molecule has 2 heteroatoms. The summed E-state index contributed by atoms with van der Waals surface area (Å²) < 4.78 is 0. The van der Waals surface area contributed by atoms with Gasteiger partial charge in [0.25, 0.3) is 0 Å². The van der Waals surface area contributed by atoms with Crippen LogP contribution in [0.15, 0.2) is 12.4 Å². The number of nitrogens with zero attached hydrogens (tertiary/aromatic N) is 2. The molecule has 1 atom stereocenters. The van der Waals surface area contributed by atoms with E-state index in [1.54, 1.807) is 0 Å². The van der Waals surface area contributed by atoms with Crippen molar-refractivity contribution in [1.29, 1.82) is 0 Å². The summed E-state index contributed by atoms with van der Waals surface area (Å²) in [5, 5.41) is 0. The molecule has 196 valence electrons. The maximum Gasteiger partial charge on any atom is 0.101 e. The molecule has 0 radical (unpaired) electrons. The molecule has 33 heavy (non-hydrogen) atoms. The van der Waals surface area contributed by atoms with Crippen molar-refractivity contribution in [2.45, 2.75) is 175 Å². The highest BCUT2D eigenvalue weighted by molar-refractivity contribution is 4.97. The van der Waals surface area contributed by atoms with Crippen LogP contribution in [0.5, 0.6) is 0 Å². The monoisotopic (exact) mass is 462 g/mol. The summed E-state index contributed by atoms with van der Waals surface area (Å²) in [5.74, 6) is 0. The Morgan fingerprint density at radius 2 is 0.697 bits per heavy atom. The Kier molecular flexibility index (Phi) is 21.3. The zero-order chi connectivity index (χ0) is 23.8. The van der Waals surface area contributed by atoms with Crippen LogP contribution in [-0.2, 0) is 0 Å². The summed E-state index contributed by atoms with van der Waals surface area (Å²) in [4.78, 5) is 5.37. The first-order valence-electron chi connectivity index (χ1n) is 15.5. The van der Waals surface area contributed by atoms with E-state index in [0.29, 0.717) is 6.17 Å². The lowest BCUT2D eigenvalue weighted by Crippen LogP contribution is -2.39. The van der Waals surface area contributed by atoms with Crippen molar-refractivity contribution in [3.8, 4) is 0 Å². The number of hydrogen-bond acceptors (Lipinski definition) is 2. The average molecular weight is 463 g/mol. The van der Waals surface area contributed by atoms with Crippen molar-refractivity contribution in [3.05, 3.63) is 12.4 Å². The minimum absolute atomic E-state index is 0.644. The van der Waals surface area contributed by atoms with Gasteiger partial charge in [0.2, 0.25) is 0 Å². The smallest absolute Gasteiger partial charge is 0.101 e. The zero-order valence-corrected chi connectivity index (χ0v) is 23.3. The van der Waals surface area contributed by atoms with Gasteiger partial charge in [-0.05, 0) is 25.7 Å². The largest absolute Gasteiger partial charge is 0.356 e. The molecule has 1 unspecified atom stereocenters. The third kappa shape index (κ3) is 16.6. The Bertz CT molecular complexity index is 419.